The first-order valence-electron chi connectivity index (χ1n) is 8.91. The van der Waals surface area contributed by atoms with Crippen molar-refractivity contribution >= 4 is 22.2 Å². The fourth-order valence-corrected chi connectivity index (χ4v) is 4.25. The van der Waals surface area contributed by atoms with E-state index < -0.39 is 11.6 Å². The van der Waals surface area contributed by atoms with Crippen molar-refractivity contribution in [3.8, 4) is 33.2 Å². The summed E-state index contributed by atoms with van der Waals surface area (Å²) in [6.07, 6.45) is 4.95. The number of aryl methyl sites for hydroxylation is 1. The van der Waals surface area contributed by atoms with Crippen LogP contribution in [0.2, 0.25) is 0 Å². The third kappa shape index (κ3) is 3.09. The Kier molecular flexibility index (Phi) is 4.17. The number of hydrogen-bond acceptors (Lipinski definition) is 4. The van der Waals surface area contributed by atoms with E-state index in [9.17, 15) is 8.78 Å². The molecule has 4 nitrogen and oxygen atoms in total. The van der Waals surface area contributed by atoms with E-state index in [2.05, 4.69) is 15.0 Å². The number of rotatable bonds is 3. The van der Waals surface area contributed by atoms with E-state index in [1.54, 1.807) is 36.0 Å². The minimum Gasteiger partial charge on any atom is -0.354 e. The summed E-state index contributed by atoms with van der Waals surface area (Å²) in [6, 6.07) is 11.4. The third-order valence-corrected chi connectivity index (χ3v) is 5.70. The van der Waals surface area contributed by atoms with Crippen LogP contribution in [0.4, 0.5) is 8.78 Å². The third-order valence-electron chi connectivity index (χ3n) is 4.71. The zero-order chi connectivity index (χ0) is 20.0. The minimum absolute atomic E-state index is 0.0555. The van der Waals surface area contributed by atoms with Crippen molar-refractivity contribution < 1.29 is 8.78 Å². The molecule has 0 spiro atoms. The van der Waals surface area contributed by atoms with E-state index >= 15 is 0 Å². The molecule has 0 saturated carbocycles. The normalized spacial score (nSPS) is 11.3. The van der Waals surface area contributed by atoms with Crippen LogP contribution in [0.1, 0.15) is 4.88 Å². The SMILES string of the molecule is Cc1sc(-c2cnccn2)nc1-c1ccc2[nH]c(-c3c(F)cccc3F)cc2c1. The van der Waals surface area contributed by atoms with E-state index in [-0.39, 0.29) is 5.56 Å². The van der Waals surface area contributed by atoms with E-state index in [1.165, 1.54) is 18.2 Å². The van der Waals surface area contributed by atoms with Crippen LogP contribution in [0.15, 0.2) is 61.1 Å². The van der Waals surface area contributed by atoms with Gasteiger partial charge in [0.25, 0.3) is 0 Å². The van der Waals surface area contributed by atoms with E-state index in [0.29, 0.717) is 5.69 Å². The van der Waals surface area contributed by atoms with Gasteiger partial charge in [0.05, 0.1) is 23.1 Å². The van der Waals surface area contributed by atoms with Crippen LogP contribution in [0.25, 0.3) is 44.1 Å². The summed E-state index contributed by atoms with van der Waals surface area (Å²) in [4.78, 5) is 17.3. The second kappa shape index (κ2) is 6.86. The van der Waals surface area contributed by atoms with Crippen molar-refractivity contribution in [1.82, 2.24) is 19.9 Å². The number of nitrogens with zero attached hydrogens (tertiary/aromatic N) is 3. The number of nitrogens with one attached hydrogen (secondary N) is 1. The smallest absolute Gasteiger partial charge is 0.144 e. The van der Waals surface area contributed by atoms with Crippen molar-refractivity contribution in [1.29, 1.82) is 0 Å². The highest BCUT2D eigenvalue weighted by Gasteiger charge is 2.16. The van der Waals surface area contributed by atoms with Gasteiger partial charge in [-0.3, -0.25) is 9.97 Å². The molecule has 5 aromatic rings. The zero-order valence-corrected chi connectivity index (χ0v) is 16.1. The molecule has 0 aliphatic carbocycles. The molecule has 142 valence electrons. The van der Waals surface area contributed by atoms with Crippen molar-refractivity contribution in [3.63, 3.8) is 0 Å². The number of halogens is 2. The van der Waals surface area contributed by atoms with Gasteiger partial charge in [-0.1, -0.05) is 12.1 Å². The zero-order valence-electron chi connectivity index (χ0n) is 15.3. The number of aromatic amines is 1. The Bertz CT molecular complexity index is 1320. The standard InChI is InChI=1S/C22H14F2N4S/c1-12-21(28-22(29-12)19-11-25-7-8-26-19)13-5-6-17-14(9-13)10-18(27-17)20-15(23)3-2-4-16(20)24/h2-11,27H,1H3. The van der Waals surface area contributed by atoms with Crippen LogP contribution >= 0.6 is 11.3 Å². The molecule has 0 fully saturated rings. The molecule has 5 rings (SSSR count). The Morgan fingerprint density at radius 1 is 1.00 bits per heavy atom. The summed E-state index contributed by atoms with van der Waals surface area (Å²) in [6.45, 7) is 2.01. The lowest BCUT2D eigenvalue weighted by Gasteiger charge is -2.01. The van der Waals surface area contributed by atoms with Crippen LogP contribution in [0, 0.1) is 18.6 Å². The average Bonchev–Trinajstić information content (AvgIpc) is 3.31. The van der Waals surface area contributed by atoms with Gasteiger partial charge in [-0.05, 0) is 37.3 Å². The predicted molar refractivity (Wildman–Crippen MR) is 111 cm³/mol. The molecule has 3 heterocycles. The van der Waals surface area contributed by atoms with Gasteiger partial charge in [-0.2, -0.15) is 0 Å². The van der Waals surface area contributed by atoms with E-state index in [1.807, 2.05) is 25.1 Å². The lowest BCUT2D eigenvalue weighted by Crippen LogP contribution is -1.89. The maximum atomic E-state index is 14.1. The molecule has 29 heavy (non-hydrogen) atoms. The molecule has 0 aliphatic rings. The monoisotopic (exact) mass is 404 g/mol. The average molecular weight is 404 g/mol. The van der Waals surface area contributed by atoms with Crippen molar-refractivity contribution in [2.45, 2.75) is 6.92 Å². The number of aromatic nitrogens is 4. The molecule has 0 amide bonds. The molecular formula is C22H14F2N4S. The van der Waals surface area contributed by atoms with Gasteiger partial charge in [-0.15, -0.1) is 11.3 Å². The summed E-state index contributed by atoms with van der Waals surface area (Å²) in [5.41, 5.74) is 3.67. The summed E-state index contributed by atoms with van der Waals surface area (Å²) in [5, 5.41) is 1.66. The largest absolute Gasteiger partial charge is 0.354 e. The number of fused-ring (bicyclic) bond motifs is 1. The number of thiazole rings is 1. The van der Waals surface area contributed by atoms with Crippen molar-refractivity contribution in [2.75, 3.05) is 0 Å². The van der Waals surface area contributed by atoms with Crippen molar-refractivity contribution in [3.05, 3.63) is 77.6 Å². The van der Waals surface area contributed by atoms with Gasteiger partial charge in [0, 0.05) is 33.7 Å². The number of H-pyrrole nitrogens is 1. The van der Waals surface area contributed by atoms with Gasteiger partial charge in [0.15, 0.2) is 0 Å². The quantitative estimate of drug-likeness (QED) is 0.401. The molecular weight excluding hydrogens is 390 g/mol. The van der Waals surface area contributed by atoms with Gasteiger partial charge in [0.1, 0.15) is 22.3 Å². The lowest BCUT2D eigenvalue weighted by atomic mass is 10.1. The van der Waals surface area contributed by atoms with Gasteiger partial charge in [-0.25, -0.2) is 13.8 Å². The molecule has 0 atom stereocenters. The Hall–Kier alpha value is -3.45. The Morgan fingerprint density at radius 3 is 2.59 bits per heavy atom. The molecule has 3 aromatic heterocycles. The molecule has 0 radical (unpaired) electrons. The molecule has 7 heteroatoms. The summed E-state index contributed by atoms with van der Waals surface area (Å²) < 4.78 is 28.3. The summed E-state index contributed by atoms with van der Waals surface area (Å²) >= 11 is 1.55. The molecule has 0 aliphatic heterocycles. The molecule has 1 N–H and O–H groups in total. The lowest BCUT2D eigenvalue weighted by molar-refractivity contribution is 0.589. The maximum Gasteiger partial charge on any atom is 0.144 e. The first-order valence-corrected chi connectivity index (χ1v) is 9.73. The molecule has 0 saturated heterocycles. The Balaban J connectivity index is 1.59. The predicted octanol–water partition coefficient (Wildman–Crippen LogP) is 6.00. The van der Waals surface area contributed by atoms with Crippen LogP contribution in [-0.2, 0) is 0 Å². The van der Waals surface area contributed by atoms with E-state index in [0.717, 1.165) is 37.7 Å². The Morgan fingerprint density at radius 2 is 1.83 bits per heavy atom. The van der Waals surface area contributed by atoms with Gasteiger partial charge in [0.2, 0.25) is 0 Å². The first kappa shape index (κ1) is 17.6. The summed E-state index contributed by atoms with van der Waals surface area (Å²) in [7, 11) is 0. The number of benzene rings is 2. The second-order valence-electron chi connectivity index (χ2n) is 6.60. The van der Waals surface area contributed by atoms with Gasteiger partial charge < -0.3 is 4.98 Å². The van der Waals surface area contributed by atoms with Crippen molar-refractivity contribution in [2.24, 2.45) is 0 Å². The molecule has 0 unspecified atom stereocenters. The highest BCUT2D eigenvalue weighted by atomic mass is 32.1. The van der Waals surface area contributed by atoms with Gasteiger partial charge >= 0.3 is 0 Å². The fourth-order valence-electron chi connectivity index (χ4n) is 3.35. The minimum atomic E-state index is -0.597. The van der Waals surface area contributed by atoms with Crippen LogP contribution in [0.5, 0.6) is 0 Å². The maximum absolute atomic E-state index is 14.1. The first-order chi connectivity index (χ1) is 14.1. The van der Waals surface area contributed by atoms with Crippen LogP contribution in [-0.4, -0.2) is 19.9 Å². The summed E-state index contributed by atoms with van der Waals surface area (Å²) in [5.74, 6) is -1.19. The van der Waals surface area contributed by atoms with E-state index in [4.69, 9.17) is 4.98 Å². The highest BCUT2D eigenvalue weighted by Crippen LogP contribution is 2.35. The topological polar surface area (TPSA) is 54.5 Å². The second-order valence-corrected chi connectivity index (χ2v) is 7.80. The fraction of sp³-hybridized carbons (Fsp3) is 0.0455. The Labute approximate surface area is 168 Å². The molecule has 0 bridgehead atoms. The highest BCUT2D eigenvalue weighted by molar-refractivity contribution is 7.15. The molecule has 2 aromatic carbocycles. The van der Waals surface area contributed by atoms with Crippen LogP contribution < -0.4 is 0 Å². The number of hydrogen-bond donors (Lipinski definition) is 1. The van der Waals surface area contributed by atoms with Crippen LogP contribution in [0.3, 0.4) is 0 Å².